The molecular weight excluding hydrogens is 426 g/mol. The van der Waals surface area contributed by atoms with E-state index in [2.05, 4.69) is 5.32 Å². The van der Waals surface area contributed by atoms with E-state index in [4.69, 9.17) is 31.5 Å². The van der Waals surface area contributed by atoms with Crippen LogP contribution in [-0.2, 0) is 4.74 Å². The number of nitrogens with two attached hydrogens (primary N) is 1. The third-order valence-corrected chi connectivity index (χ3v) is 5.52. The minimum atomic E-state index is -0.784. The zero-order valence-corrected chi connectivity index (χ0v) is 18.8. The van der Waals surface area contributed by atoms with Gasteiger partial charge in [0.1, 0.15) is 10.6 Å². The number of aliphatic hydroxyl groups excluding tert-OH is 1. The first-order valence-electron chi connectivity index (χ1n) is 10.4. The van der Waals surface area contributed by atoms with Gasteiger partial charge in [-0.05, 0) is 33.3 Å². The first-order chi connectivity index (χ1) is 14.6. The number of amides is 2. The summed E-state index contributed by atoms with van der Waals surface area (Å²) in [5.74, 6) is -0.0561. The summed E-state index contributed by atoms with van der Waals surface area (Å²) in [7, 11) is 0. The zero-order chi connectivity index (χ0) is 22.8. The van der Waals surface area contributed by atoms with Crippen LogP contribution in [0.25, 0.3) is 0 Å². The molecule has 1 saturated heterocycles. The van der Waals surface area contributed by atoms with Crippen molar-refractivity contribution < 1.29 is 28.9 Å². The molecule has 10 heteroatoms. The SMILES string of the molecule is CC(C)(C)OC(=O)N1CC[C@@H](CNC(=O)c2cc(N)c(Cl)c3c2OCCCO3)C(O)C1. The van der Waals surface area contributed by atoms with Gasteiger partial charge in [-0.15, -0.1) is 0 Å². The molecule has 0 aliphatic carbocycles. The Hall–Kier alpha value is -2.39. The monoisotopic (exact) mass is 455 g/mol. The van der Waals surface area contributed by atoms with Crippen molar-refractivity contribution in [3.05, 3.63) is 16.7 Å². The quantitative estimate of drug-likeness (QED) is 0.598. The molecule has 0 radical (unpaired) electrons. The summed E-state index contributed by atoms with van der Waals surface area (Å²) >= 11 is 6.22. The number of likely N-dealkylation sites (tertiary alicyclic amines) is 1. The number of halogens is 1. The van der Waals surface area contributed by atoms with E-state index in [0.717, 1.165) is 0 Å². The molecule has 3 rings (SSSR count). The molecule has 172 valence electrons. The largest absolute Gasteiger partial charge is 0.489 e. The topological polar surface area (TPSA) is 123 Å². The van der Waals surface area contributed by atoms with Crippen LogP contribution in [-0.4, -0.2) is 66.6 Å². The summed E-state index contributed by atoms with van der Waals surface area (Å²) in [6.45, 7) is 7.02. The van der Waals surface area contributed by atoms with Crippen LogP contribution in [0.15, 0.2) is 6.07 Å². The van der Waals surface area contributed by atoms with Crippen LogP contribution >= 0.6 is 11.6 Å². The van der Waals surface area contributed by atoms with Crippen molar-refractivity contribution in [1.82, 2.24) is 10.2 Å². The van der Waals surface area contributed by atoms with E-state index >= 15 is 0 Å². The Labute approximate surface area is 186 Å². The molecule has 31 heavy (non-hydrogen) atoms. The average molecular weight is 456 g/mol. The lowest BCUT2D eigenvalue weighted by Crippen LogP contribution is -2.50. The van der Waals surface area contributed by atoms with Crippen molar-refractivity contribution in [3.63, 3.8) is 0 Å². The minimum absolute atomic E-state index is 0.149. The molecule has 1 aromatic carbocycles. The Kier molecular flexibility index (Phi) is 7.06. The highest BCUT2D eigenvalue weighted by Gasteiger charge is 2.33. The first kappa shape index (κ1) is 23.3. The van der Waals surface area contributed by atoms with E-state index in [1.54, 1.807) is 20.8 Å². The lowest BCUT2D eigenvalue weighted by atomic mass is 9.94. The number of hydrogen-bond donors (Lipinski definition) is 3. The summed E-state index contributed by atoms with van der Waals surface area (Å²) in [5.41, 5.74) is 5.80. The van der Waals surface area contributed by atoms with E-state index in [9.17, 15) is 14.7 Å². The zero-order valence-electron chi connectivity index (χ0n) is 18.1. The average Bonchev–Trinajstić information content (AvgIpc) is 2.94. The van der Waals surface area contributed by atoms with Crippen LogP contribution in [0.4, 0.5) is 10.5 Å². The Bertz CT molecular complexity index is 841. The minimum Gasteiger partial charge on any atom is -0.489 e. The molecular formula is C21H30ClN3O6. The Morgan fingerprint density at radius 3 is 2.65 bits per heavy atom. The number of nitrogen functional groups attached to an aromatic ring is 1. The molecule has 2 heterocycles. The summed E-state index contributed by atoms with van der Waals surface area (Å²) in [4.78, 5) is 26.6. The number of hydrogen-bond acceptors (Lipinski definition) is 7. The lowest BCUT2D eigenvalue weighted by Gasteiger charge is -2.36. The number of fused-ring (bicyclic) bond motifs is 1. The number of aliphatic hydroxyl groups is 1. The second-order valence-electron chi connectivity index (χ2n) is 8.79. The van der Waals surface area contributed by atoms with E-state index in [-0.39, 0.29) is 46.8 Å². The van der Waals surface area contributed by atoms with Crippen LogP contribution in [0.3, 0.4) is 0 Å². The van der Waals surface area contributed by atoms with Gasteiger partial charge in [-0.2, -0.15) is 0 Å². The van der Waals surface area contributed by atoms with Crippen molar-refractivity contribution in [2.24, 2.45) is 5.92 Å². The third kappa shape index (κ3) is 5.65. The van der Waals surface area contributed by atoms with Gasteiger partial charge in [-0.3, -0.25) is 4.79 Å². The highest BCUT2D eigenvalue weighted by atomic mass is 35.5. The number of nitrogens with one attached hydrogen (secondary N) is 1. The molecule has 0 aromatic heterocycles. The number of β-amino-alcohol motifs (C(OH)–C–C–N with tert-alkyl or cyclic N) is 1. The summed E-state index contributed by atoms with van der Waals surface area (Å²) in [6, 6.07) is 1.46. The van der Waals surface area contributed by atoms with Crippen molar-refractivity contribution >= 4 is 29.3 Å². The number of ether oxygens (including phenoxy) is 3. The van der Waals surface area contributed by atoms with Gasteiger partial charge in [0, 0.05) is 25.4 Å². The van der Waals surface area contributed by atoms with Gasteiger partial charge >= 0.3 is 6.09 Å². The normalized spacial score (nSPS) is 21.3. The number of piperidine rings is 1. The van der Waals surface area contributed by atoms with Crippen molar-refractivity contribution in [1.29, 1.82) is 0 Å². The number of carbonyl (C=O) groups excluding carboxylic acids is 2. The second kappa shape index (κ2) is 9.40. The number of carbonyl (C=O) groups is 2. The maximum absolute atomic E-state index is 12.9. The molecule has 1 aromatic rings. The molecule has 2 amide bonds. The number of anilines is 1. The Morgan fingerprint density at radius 2 is 2.00 bits per heavy atom. The smallest absolute Gasteiger partial charge is 0.410 e. The van der Waals surface area contributed by atoms with Gasteiger partial charge in [0.15, 0.2) is 11.5 Å². The van der Waals surface area contributed by atoms with Gasteiger partial charge in [-0.1, -0.05) is 11.6 Å². The van der Waals surface area contributed by atoms with Crippen LogP contribution < -0.4 is 20.5 Å². The molecule has 0 bridgehead atoms. The summed E-state index contributed by atoms with van der Waals surface area (Å²) in [5, 5.41) is 13.5. The van der Waals surface area contributed by atoms with Crippen molar-refractivity contribution in [2.75, 3.05) is 38.6 Å². The molecule has 0 spiro atoms. The van der Waals surface area contributed by atoms with E-state index in [0.29, 0.717) is 32.6 Å². The Balaban J connectivity index is 1.62. The number of rotatable bonds is 3. The van der Waals surface area contributed by atoms with Gasteiger partial charge < -0.3 is 35.3 Å². The van der Waals surface area contributed by atoms with Crippen LogP contribution in [0.1, 0.15) is 44.0 Å². The molecule has 0 saturated carbocycles. The molecule has 1 unspecified atom stereocenters. The van der Waals surface area contributed by atoms with Gasteiger partial charge in [0.25, 0.3) is 5.91 Å². The third-order valence-electron chi connectivity index (χ3n) is 5.13. The molecule has 2 atom stereocenters. The van der Waals surface area contributed by atoms with Crippen LogP contribution in [0.2, 0.25) is 5.02 Å². The Morgan fingerprint density at radius 1 is 1.32 bits per heavy atom. The summed E-state index contributed by atoms with van der Waals surface area (Å²) < 4.78 is 16.7. The predicted octanol–water partition coefficient (Wildman–Crippen LogP) is 2.43. The molecule has 2 aliphatic rings. The van der Waals surface area contributed by atoms with Crippen molar-refractivity contribution in [3.8, 4) is 11.5 Å². The highest BCUT2D eigenvalue weighted by molar-refractivity contribution is 6.35. The second-order valence-corrected chi connectivity index (χ2v) is 9.17. The van der Waals surface area contributed by atoms with Crippen LogP contribution in [0, 0.1) is 5.92 Å². The van der Waals surface area contributed by atoms with E-state index < -0.39 is 23.7 Å². The maximum Gasteiger partial charge on any atom is 0.410 e. The highest BCUT2D eigenvalue weighted by Crippen LogP contribution is 2.43. The first-order valence-corrected chi connectivity index (χ1v) is 10.8. The number of nitrogens with zero attached hydrogens (tertiary/aromatic N) is 1. The number of benzene rings is 1. The summed E-state index contributed by atoms with van der Waals surface area (Å²) in [6.07, 6.45) is -0.0469. The molecule has 1 fully saturated rings. The lowest BCUT2D eigenvalue weighted by molar-refractivity contribution is -0.0122. The van der Waals surface area contributed by atoms with Gasteiger partial charge in [0.2, 0.25) is 0 Å². The fourth-order valence-corrected chi connectivity index (χ4v) is 3.71. The molecule has 4 N–H and O–H groups in total. The van der Waals surface area contributed by atoms with Crippen molar-refractivity contribution in [2.45, 2.75) is 45.3 Å². The molecule has 9 nitrogen and oxygen atoms in total. The van der Waals surface area contributed by atoms with Crippen LogP contribution in [0.5, 0.6) is 11.5 Å². The van der Waals surface area contributed by atoms with Gasteiger partial charge in [0.05, 0.1) is 37.1 Å². The fourth-order valence-electron chi connectivity index (χ4n) is 3.52. The predicted molar refractivity (Wildman–Crippen MR) is 116 cm³/mol. The standard InChI is InChI=1S/C21H30ClN3O6/c1-21(2,3)31-20(28)25-6-5-12(15(26)11-25)10-24-19(27)13-9-14(23)16(22)18-17(13)29-7-4-8-30-18/h9,12,15,26H,4-8,10-11,23H2,1-3H3,(H,24,27)/t12-,15?/m0/s1. The van der Waals surface area contributed by atoms with Gasteiger partial charge in [-0.25, -0.2) is 4.79 Å². The fraction of sp³-hybridized carbons (Fsp3) is 0.619. The molecule has 2 aliphatic heterocycles. The maximum atomic E-state index is 12.9. The van der Waals surface area contributed by atoms with E-state index in [1.165, 1.54) is 11.0 Å². The van der Waals surface area contributed by atoms with E-state index in [1.807, 2.05) is 0 Å².